The van der Waals surface area contributed by atoms with Gasteiger partial charge in [-0.05, 0) is 49.3 Å². The fourth-order valence-electron chi connectivity index (χ4n) is 4.07. The van der Waals surface area contributed by atoms with Crippen molar-refractivity contribution in [3.05, 3.63) is 69.3 Å². The topological polar surface area (TPSA) is 75.8 Å². The molecule has 0 unspecified atom stereocenters. The Labute approximate surface area is 151 Å². The molecule has 0 aromatic heterocycles. The number of rotatable bonds is 2. The van der Waals surface area contributed by atoms with Crippen molar-refractivity contribution < 1.29 is 14.8 Å². The number of aliphatic hydroxyl groups excluding tert-OH is 1. The van der Waals surface area contributed by atoms with Crippen molar-refractivity contribution in [2.75, 3.05) is 11.9 Å². The van der Waals surface area contributed by atoms with Crippen molar-refractivity contribution in [1.82, 2.24) is 0 Å². The minimum absolute atomic E-state index is 0.0161. The summed E-state index contributed by atoms with van der Waals surface area (Å²) in [5.74, 6) is 0.619. The second kappa shape index (κ2) is 5.32. The lowest BCUT2D eigenvalue weighted by Crippen LogP contribution is -2.58. The number of non-ortho nitro benzene ring substituents is 1. The average Bonchev–Trinajstić information content (AvgIpc) is 2.79. The van der Waals surface area contributed by atoms with Gasteiger partial charge in [-0.25, -0.2) is 0 Å². The number of anilines is 1. The van der Waals surface area contributed by atoms with Crippen LogP contribution in [0, 0.1) is 10.1 Å². The van der Waals surface area contributed by atoms with Crippen LogP contribution in [-0.4, -0.2) is 22.8 Å². The van der Waals surface area contributed by atoms with E-state index < -0.39 is 10.6 Å². The molecule has 0 amide bonds. The molecule has 0 aliphatic carbocycles. The van der Waals surface area contributed by atoms with E-state index in [-0.39, 0.29) is 17.7 Å². The second-order valence-electron chi connectivity index (χ2n) is 7.30. The number of hydrogen-bond donors (Lipinski definition) is 1. The van der Waals surface area contributed by atoms with Crippen LogP contribution in [0.4, 0.5) is 11.4 Å². The number of aliphatic hydroxyl groups is 1. The molecule has 4 rings (SSSR count). The van der Waals surface area contributed by atoms with E-state index in [2.05, 4.69) is 18.7 Å². The Morgan fingerprint density at radius 2 is 2.00 bits per heavy atom. The highest BCUT2D eigenvalue weighted by Crippen LogP contribution is 2.54. The molecular weight excluding hydrogens is 332 g/mol. The molecule has 2 aromatic rings. The first kappa shape index (κ1) is 16.6. The molecule has 134 valence electrons. The van der Waals surface area contributed by atoms with Gasteiger partial charge < -0.3 is 14.7 Å². The maximum atomic E-state index is 11.0. The molecule has 2 aromatic carbocycles. The Morgan fingerprint density at radius 1 is 1.23 bits per heavy atom. The van der Waals surface area contributed by atoms with Gasteiger partial charge in [0.15, 0.2) is 0 Å². The number of fused-ring (bicyclic) bond motifs is 2. The fourth-order valence-corrected chi connectivity index (χ4v) is 4.07. The molecule has 2 aliphatic heterocycles. The lowest BCUT2D eigenvalue weighted by molar-refractivity contribution is -0.384. The molecule has 0 fully saturated rings. The molecular formula is C20H20N2O4. The summed E-state index contributed by atoms with van der Waals surface area (Å²) in [7, 11) is 1.97. The van der Waals surface area contributed by atoms with E-state index >= 15 is 0 Å². The van der Waals surface area contributed by atoms with Crippen LogP contribution in [0.25, 0.3) is 6.08 Å². The number of nitro benzene ring substituents is 1. The number of ether oxygens (including phenoxy) is 1. The monoisotopic (exact) mass is 352 g/mol. The molecule has 0 saturated carbocycles. The van der Waals surface area contributed by atoms with Gasteiger partial charge in [0.1, 0.15) is 5.75 Å². The molecule has 0 radical (unpaired) electrons. The smallest absolute Gasteiger partial charge is 0.270 e. The van der Waals surface area contributed by atoms with E-state index in [0.717, 1.165) is 16.8 Å². The van der Waals surface area contributed by atoms with Gasteiger partial charge in [-0.2, -0.15) is 0 Å². The average molecular weight is 352 g/mol. The summed E-state index contributed by atoms with van der Waals surface area (Å²) >= 11 is 0. The zero-order valence-corrected chi connectivity index (χ0v) is 14.9. The quantitative estimate of drug-likeness (QED) is 0.660. The molecule has 1 atom stereocenters. The summed E-state index contributed by atoms with van der Waals surface area (Å²) in [6.07, 6.45) is 3.86. The van der Waals surface area contributed by atoms with Crippen molar-refractivity contribution in [2.24, 2.45) is 0 Å². The van der Waals surface area contributed by atoms with Crippen LogP contribution in [0.3, 0.4) is 0 Å². The standard InChI is InChI=1S/C20H20N2O4/c1-19(2)16-6-4-13(12-23)10-17(16)21(3)20(19)9-8-14-11-15(22(24)25)5-7-18(14)26-20/h4-11,23H,12H2,1-3H3/t20-/m1/s1. The van der Waals surface area contributed by atoms with Crippen molar-refractivity contribution in [3.8, 4) is 5.75 Å². The lowest BCUT2D eigenvalue weighted by Gasteiger charge is -2.45. The van der Waals surface area contributed by atoms with E-state index in [0.29, 0.717) is 11.3 Å². The molecule has 6 heteroatoms. The Bertz CT molecular complexity index is 951. The Hall–Kier alpha value is -2.86. The minimum Gasteiger partial charge on any atom is -0.463 e. The predicted octanol–water partition coefficient (Wildman–Crippen LogP) is 3.62. The van der Waals surface area contributed by atoms with Crippen molar-refractivity contribution in [2.45, 2.75) is 31.6 Å². The third-order valence-corrected chi connectivity index (χ3v) is 5.63. The van der Waals surface area contributed by atoms with Crippen LogP contribution in [0.2, 0.25) is 0 Å². The zero-order valence-electron chi connectivity index (χ0n) is 14.9. The van der Waals surface area contributed by atoms with Crippen molar-refractivity contribution in [3.63, 3.8) is 0 Å². The van der Waals surface area contributed by atoms with Crippen LogP contribution in [0.1, 0.15) is 30.5 Å². The number of benzene rings is 2. The molecule has 1 N–H and O–H groups in total. The van der Waals surface area contributed by atoms with Crippen molar-refractivity contribution in [1.29, 1.82) is 0 Å². The van der Waals surface area contributed by atoms with Gasteiger partial charge in [-0.1, -0.05) is 12.1 Å². The highest BCUT2D eigenvalue weighted by atomic mass is 16.6. The van der Waals surface area contributed by atoms with Gasteiger partial charge >= 0.3 is 0 Å². The Kier molecular flexibility index (Phi) is 3.39. The zero-order chi connectivity index (χ0) is 18.7. The van der Waals surface area contributed by atoms with Crippen LogP contribution >= 0.6 is 0 Å². The van der Waals surface area contributed by atoms with E-state index in [1.54, 1.807) is 6.07 Å². The van der Waals surface area contributed by atoms with E-state index in [1.165, 1.54) is 12.1 Å². The van der Waals surface area contributed by atoms with E-state index in [4.69, 9.17) is 4.74 Å². The molecule has 2 aliphatic rings. The molecule has 0 saturated heterocycles. The maximum Gasteiger partial charge on any atom is 0.270 e. The number of nitro groups is 1. The summed E-state index contributed by atoms with van der Waals surface area (Å²) in [6.45, 7) is 4.22. The number of hydrogen-bond acceptors (Lipinski definition) is 5. The van der Waals surface area contributed by atoms with Crippen LogP contribution in [0.15, 0.2) is 42.5 Å². The van der Waals surface area contributed by atoms with Gasteiger partial charge in [0.05, 0.1) is 16.9 Å². The predicted molar refractivity (Wildman–Crippen MR) is 99.3 cm³/mol. The van der Waals surface area contributed by atoms with Crippen LogP contribution in [0.5, 0.6) is 5.75 Å². The lowest BCUT2D eigenvalue weighted by atomic mass is 9.76. The number of nitrogens with zero attached hydrogens (tertiary/aromatic N) is 2. The first-order chi connectivity index (χ1) is 12.3. The molecule has 26 heavy (non-hydrogen) atoms. The highest BCUT2D eigenvalue weighted by molar-refractivity contribution is 5.73. The summed E-state index contributed by atoms with van der Waals surface area (Å²) in [5.41, 5.74) is 2.63. The van der Waals surface area contributed by atoms with Gasteiger partial charge in [0, 0.05) is 30.4 Å². The van der Waals surface area contributed by atoms with Gasteiger partial charge in [-0.15, -0.1) is 0 Å². The third kappa shape index (κ3) is 2.02. The normalized spacial score (nSPS) is 22.1. The molecule has 1 spiro atoms. The summed E-state index contributed by atoms with van der Waals surface area (Å²) < 4.78 is 6.45. The Morgan fingerprint density at radius 3 is 2.69 bits per heavy atom. The van der Waals surface area contributed by atoms with Crippen LogP contribution in [-0.2, 0) is 12.0 Å². The molecule has 0 bridgehead atoms. The third-order valence-electron chi connectivity index (χ3n) is 5.63. The van der Waals surface area contributed by atoms with E-state index in [1.807, 2.05) is 37.4 Å². The Balaban J connectivity index is 1.83. The fraction of sp³-hybridized carbons (Fsp3) is 0.300. The minimum atomic E-state index is -0.744. The maximum absolute atomic E-state index is 11.0. The van der Waals surface area contributed by atoms with E-state index in [9.17, 15) is 15.2 Å². The number of likely N-dealkylation sites (N-methyl/N-ethyl adjacent to an activating group) is 1. The first-order valence-corrected chi connectivity index (χ1v) is 8.45. The SMILES string of the molecule is CN1c2cc(CO)ccc2C(C)(C)[C@]12C=Cc1cc([N+](=O)[O-])ccc1O2. The second-order valence-corrected chi connectivity index (χ2v) is 7.30. The van der Waals surface area contributed by atoms with Gasteiger partial charge in [0.2, 0.25) is 5.72 Å². The van der Waals surface area contributed by atoms with Gasteiger partial charge in [-0.3, -0.25) is 10.1 Å². The van der Waals surface area contributed by atoms with Crippen molar-refractivity contribution >= 4 is 17.5 Å². The first-order valence-electron chi connectivity index (χ1n) is 8.45. The van der Waals surface area contributed by atoms with Crippen LogP contribution < -0.4 is 9.64 Å². The largest absolute Gasteiger partial charge is 0.463 e. The highest BCUT2D eigenvalue weighted by Gasteiger charge is 2.57. The van der Waals surface area contributed by atoms with Gasteiger partial charge in [0.25, 0.3) is 5.69 Å². The summed E-state index contributed by atoms with van der Waals surface area (Å²) in [6, 6.07) is 10.6. The molecule has 2 heterocycles. The summed E-state index contributed by atoms with van der Waals surface area (Å²) in [4.78, 5) is 12.7. The summed E-state index contributed by atoms with van der Waals surface area (Å²) in [5, 5.41) is 20.5. The molecule has 6 nitrogen and oxygen atoms in total.